The smallest absolute Gasteiger partial charge is 0.0622 e. The number of benzene rings is 1. The van der Waals surface area contributed by atoms with Crippen LogP contribution in [-0.2, 0) is 0 Å². The molecule has 1 aromatic carbocycles. The first-order chi connectivity index (χ1) is 4.93. The van der Waals surface area contributed by atoms with Gasteiger partial charge in [0, 0.05) is 17.5 Å². The Balaban J connectivity index is 2.67. The summed E-state index contributed by atoms with van der Waals surface area (Å²) in [4.78, 5) is 4.12. The highest BCUT2D eigenvalue weighted by Gasteiger charge is 1.89. The highest BCUT2D eigenvalue weighted by molar-refractivity contribution is 5.78. The SMILES string of the molecule is CC[N+]=Cc1ccccc1. The normalized spacial score (nSPS) is 10.5. The highest BCUT2D eigenvalue weighted by atomic mass is 14.7. The fraction of sp³-hybridized carbons (Fsp3) is 0.222. The van der Waals surface area contributed by atoms with E-state index in [-0.39, 0.29) is 0 Å². The summed E-state index contributed by atoms with van der Waals surface area (Å²) in [5.74, 6) is 0. The van der Waals surface area contributed by atoms with E-state index in [1.54, 1.807) is 0 Å². The van der Waals surface area contributed by atoms with Gasteiger partial charge in [0.25, 0.3) is 0 Å². The van der Waals surface area contributed by atoms with Crippen molar-refractivity contribution < 1.29 is 0 Å². The van der Waals surface area contributed by atoms with Crippen LogP contribution in [0.3, 0.4) is 0 Å². The summed E-state index contributed by atoms with van der Waals surface area (Å²) in [7, 11) is 0. The van der Waals surface area contributed by atoms with E-state index < -0.39 is 0 Å². The molecule has 0 atom stereocenters. The lowest BCUT2D eigenvalue weighted by Gasteiger charge is -1.81. The fourth-order valence-electron chi connectivity index (χ4n) is 0.736. The van der Waals surface area contributed by atoms with Crippen LogP contribution < -0.4 is 4.99 Å². The summed E-state index contributed by atoms with van der Waals surface area (Å²) in [5.41, 5.74) is 1.17. The second kappa shape index (κ2) is 3.83. The van der Waals surface area contributed by atoms with Crippen molar-refractivity contribution in [3.8, 4) is 0 Å². The maximum atomic E-state index is 4.12. The largest absolute Gasteiger partial charge is 0.241 e. The Morgan fingerprint density at radius 3 is 2.60 bits per heavy atom. The molecule has 1 heteroatoms. The lowest BCUT2D eigenvalue weighted by Crippen LogP contribution is -1.91. The molecule has 0 N–H and O–H groups in total. The van der Waals surface area contributed by atoms with Crippen LogP contribution in [0.4, 0.5) is 0 Å². The van der Waals surface area contributed by atoms with Crippen LogP contribution in [0.15, 0.2) is 30.3 Å². The van der Waals surface area contributed by atoms with Crippen molar-refractivity contribution in [2.75, 3.05) is 6.54 Å². The molecule has 0 heterocycles. The van der Waals surface area contributed by atoms with Crippen molar-refractivity contribution >= 4 is 6.21 Å². The third-order valence-corrected chi connectivity index (χ3v) is 1.22. The minimum absolute atomic E-state index is 0.856. The van der Waals surface area contributed by atoms with Gasteiger partial charge in [-0.25, -0.2) is 0 Å². The third-order valence-electron chi connectivity index (χ3n) is 1.22. The van der Waals surface area contributed by atoms with Gasteiger partial charge in [0.15, 0.2) is 0 Å². The van der Waals surface area contributed by atoms with Gasteiger partial charge in [-0.05, 0) is 12.1 Å². The molecule has 1 nitrogen and oxygen atoms in total. The third kappa shape index (κ3) is 2.02. The Bertz CT molecular complexity index is 201. The van der Waals surface area contributed by atoms with Crippen LogP contribution >= 0.6 is 0 Å². The Kier molecular flexibility index (Phi) is 2.68. The monoisotopic (exact) mass is 133 g/mol. The summed E-state index contributed by atoms with van der Waals surface area (Å²) in [6, 6.07) is 10.1. The van der Waals surface area contributed by atoms with Crippen LogP contribution in [0.25, 0.3) is 0 Å². The van der Waals surface area contributed by atoms with Crippen molar-refractivity contribution in [3.05, 3.63) is 35.9 Å². The Morgan fingerprint density at radius 1 is 1.30 bits per heavy atom. The molecule has 0 amide bonds. The first kappa shape index (κ1) is 7.00. The number of aliphatic imine (C=N–C) groups is 1. The van der Waals surface area contributed by atoms with Crippen LogP contribution in [0, 0.1) is 0 Å². The summed E-state index contributed by atoms with van der Waals surface area (Å²) >= 11 is 0. The van der Waals surface area contributed by atoms with Gasteiger partial charge in [0.2, 0.25) is 12.8 Å². The summed E-state index contributed by atoms with van der Waals surface area (Å²) in [6.45, 7) is 2.88. The lowest BCUT2D eigenvalue weighted by molar-refractivity contribution is 1.03. The molecule has 0 aromatic heterocycles. The summed E-state index contributed by atoms with van der Waals surface area (Å²) in [6.07, 6.45) is 1.89. The molecule has 1 radical (unpaired) electrons. The standard InChI is InChI=1S/C9H11N/c1-2-10-8-9-6-4-3-5-7-9/h3-8H,2H2,1H3/q+1. The Hall–Kier alpha value is -1.11. The van der Waals surface area contributed by atoms with Gasteiger partial charge in [-0.2, -0.15) is 0 Å². The molecule has 0 aliphatic heterocycles. The molecule has 0 saturated heterocycles. The zero-order valence-electron chi connectivity index (χ0n) is 6.12. The molecule has 0 fully saturated rings. The van der Waals surface area contributed by atoms with Gasteiger partial charge in [-0.3, -0.25) is 0 Å². The highest BCUT2D eigenvalue weighted by Crippen LogP contribution is 1.91. The molecule has 0 unspecified atom stereocenters. The molecule has 0 aliphatic rings. The number of nitrogens with zero attached hydrogens (tertiary/aromatic N) is 1. The van der Waals surface area contributed by atoms with E-state index in [0.29, 0.717) is 0 Å². The Labute approximate surface area is 61.4 Å². The average Bonchev–Trinajstić information content (AvgIpc) is 2.03. The molecule has 0 aliphatic carbocycles. The van der Waals surface area contributed by atoms with E-state index in [2.05, 4.69) is 4.99 Å². The lowest BCUT2D eigenvalue weighted by atomic mass is 10.2. The van der Waals surface area contributed by atoms with Gasteiger partial charge in [0.05, 0.1) is 0 Å². The van der Waals surface area contributed by atoms with E-state index in [9.17, 15) is 0 Å². The van der Waals surface area contributed by atoms with Gasteiger partial charge >= 0.3 is 0 Å². The fourth-order valence-corrected chi connectivity index (χ4v) is 0.736. The topological polar surface area (TPSA) is 14.1 Å². The van der Waals surface area contributed by atoms with Gasteiger partial charge in [-0.15, -0.1) is 0 Å². The van der Waals surface area contributed by atoms with Crippen molar-refractivity contribution in [3.63, 3.8) is 0 Å². The first-order valence-electron chi connectivity index (χ1n) is 3.48. The molecule has 1 rings (SSSR count). The van der Waals surface area contributed by atoms with E-state index in [4.69, 9.17) is 0 Å². The second-order valence-electron chi connectivity index (χ2n) is 2.04. The quantitative estimate of drug-likeness (QED) is 0.542. The zero-order valence-corrected chi connectivity index (χ0v) is 6.12. The van der Waals surface area contributed by atoms with Crippen LogP contribution in [0.2, 0.25) is 0 Å². The molecule has 51 valence electrons. The number of hydrogen-bond acceptors (Lipinski definition) is 1. The van der Waals surface area contributed by atoms with Crippen LogP contribution in [-0.4, -0.2) is 12.8 Å². The van der Waals surface area contributed by atoms with Crippen LogP contribution in [0.5, 0.6) is 0 Å². The molecular weight excluding hydrogens is 122 g/mol. The van der Waals surface area contributed by atoms with E-state index in [1.165, 1.54) is 5.56 Å². The molecule has 1 aromatic rings. The first-order valence-corrected chi connectivity index (χ1v) is 3.48. The van der Waals surface area contributed by atoms with Crippen molar-refractivity contribution in [1.82, 2.24) is 4.99 Å². The molecule has 0 saturated carbocycles. The average molecular weight is 133 g/mol. The van der Waals surface area contributed by atoms with Crippen molar-refractivity contribution in [2.24, 2.45) is 0 Å². The van der Waals surface area contributed by atoms with E-state index in [0.717, 1.165) is 6.54 Å². The molecular formula is C9H11N+. The van der Waals surface area contributed by atoms with Gasteiger partial charge in [0.1, 0.15) is 0 Å². The summed E-state index contributed by atoms with van der Waals surface area (Å²) < 4.78 is 0. The minimum atomic E-state index is 0.856. The molecule has 0 spiro atoms. The number of rotatable bonds is 2. The predicted molar refractivity (Wildman–Crippen MR) is 44.3 cm³/mol. The van der Waals surface area contributed by atoms with E-state index in [1.807, 2.05) is 43.5 Å². The Morgan fingerprint density at radius 2 is 2.00 bits per heavy atom. The second-order valence-corrected chi connectivity index (χ2v) is 2.04. The minimum Gasteiger partial charge on any atom is -0.0622 e. The van der Waals surface area contributed by atoms with Crippen molar-refractivity contribution in [1.29, 1.82) is 0 Å². The molecule has 10 heavy (non-hydrogen) atoms. The molecule has 0 bridgehead atoms. The summed E-state index contributed by atoms with van der Waals surface area (Å²) in [5, 5.41) is 0. The number of hydrogen-bond donors (Lipinski definition) is 0. The predicted octanol–water partition coefficient (Wildman–Crippen LogP) is 1.46. The van der Waals surface area contributed by atoms with Crippen LogP contribution in [0.1, 0.15) is 12.5 Å². The van der Waals surface area contributed by atoms with Gasteiger partial charge in [-0.1, -0.05) is 18.2 Å². The maximum absolute atomic E-state index is 4.12. The maximum Gasteiger partial charge on any atom is 0.241 e. The van der Waals surface area contributed by atoms with Gasteiger partial charge < -0.3 is 0 Å². The van der Waals surface area contributed by atoms with E-state index >= 15 is 0 Å². The zero-order chi connectivity index (χ0) is 7.23. The van der Waals surface area contributed by atoms with Crippen molar-refractivity contribution in [2.45, 2.75) is 6.92 Å².